The second kappa shape index (κ2) is 6.48. The molecule has 21 heavy (non-hydrogen) atoms. The number of para-hydroxylation sites is 1. The minimum absolute atomic E-state index is 0.0233. The van der Waals surface area contributed by atoms with Gasteiger partial charge in [0.05, 0.1) is 12.0 Å². The van der Waals surface area contributed by atoms with Crippen LogP contribution < -0.4 is 10.6 Å². The number of carbonyl (C=O) groups excluding carboxylic acids is 1. The Kier molecular flexibility index (Phi) is 4.44. The number of hydrogen-bond donors (Lipinski definition) is 2. The first-order valence-corrected chi connectivity index (χ1v) is 8.01. The molecule has 2 N–H and O–H groups in total. The summed E-state index contributed by atoms with van der Waals surface area (Å²) in [6.45, 7) is 4.58. The van der Waals surface area contributed by atoms with Gasteiger partial charge in [0.15, 0.2) is 0 Å². The zero-order chi connectivity index (χ0) is 14.7. The van der Waals surface area contributed by atoms with Crippen LogP contribution >= 0.6 is 0 Å². The van der Waals surface area contributed by atoms with Crippen LogP contribution in [0.3, 0.4) is 0 Å². The maximum Gasteiger partial charge on any atom is 0.227 e. The molecule has 0 saturated carbocycles. The Bertz CT molecular complexity index is 503. The van der Waals surface area contributed by atoms with Gasteiger partial charge in [0, 0.05) is 31.3 Å². The van der Waals surface area contributed by atoms with E-state index in [1.165, 1.54) is 0 Å². The van der Waals surface area contributed by atoms with Gasteiger partial charge in [-0.25, -0.2) is 0 Å². The molecular formula is C17H24N2O2. The van der Waals surface area contributed by atoms with Crippen molar-refractivity contribution >= 4 is 11.6 Å². The van der Waals surface area contributed by atoms with Crippen LogP contribution in [0.1, 0.15) is 37.7 Å². The Hall–Kier alpha value is -1.55. The third kappa shape index (κ3) is 3.05. The number of carbonyl (C=O) groups is 1. The molecule has 0 spiro atoms. The average Bonchev–Trinajstić information content (AvgIpc) is 2.99. The molecule has 114 valence electrons. The first kappa shape index (κ1) is 14.4. The van der Waals surface area contributed by atoms with E-state index >= 15 is 0 Å². The lowest BCUT2D eigenvalue weighted by Gasteiger charge is -2.26. The normalized spacial score (nSPS) is 27.8. The molecule has 2 aliphatic heterocycles. The number of hydrogen-bond acceptors (Lipinski definition) is 3. The summed E-state index contributed by atoms with van der Waals surface area (Å²) in [5.74, 6) is 0.603. The van der Waals surface area contributed by atoms with Crippen LogP contribution in [0.15, 0.2) is 24.3 Å². The molecule has 1 fully saturated rings. The fraction of sp³-hybridized carbons (Fsp3) is 0.588. The Morgan fingerprint density at radius 1 is 1.38 bits per heavy atom. The van der Waals surface area contributed by atoms with Crippen molar-refractivity contribution in [1.29, 1.82) is 0 Å². The third-order valence-electron chi connectivity index (χ3n) is 4.69. The number of anilines is 1. The maximum atomic E-state index is 12.5. The zero-order valence-electron chi connectivity index (χ0n) is 12.6. The highest BCUT2D eigenvalue weighted by molar-refractivity contribution is 5.86. The van der Waals surface area contributed by atoms with Crippen LogP contribution in [-0.2, 0) is 9.53 Å². The highest BCUT2D eigenvalue weighted by atomic mass is 16.5. The van der Waals surface area contributed by atoms with Gasteiger partial charge < -0.3 is 15.4 Å². The van der Waals surface area contributed by atoms with E-state index in [0.29, 0.717) is 12.0 Å². The summed E-state index contributed by atoms with van der Waals surface area (Å²) >= 11 is 0. The third-order valence-corrected chi connectivity index (χ3v) is 4.69. The largest absolute Gasteiger partial charge is 0.385 e. The van der Waals surface area contributed by atoms with Crippen molar-refractivity contribution in [2.45, 2.75) is 38.2 Å². The van der Waals surface area contributed by atoms with Crippen molar-refractivity contribution < 1.29 is 9.53 Å². The summed E-state index contributed by atoms with van der Waals surface area (Å²) in [4.78, 5) is 12.5. The van der Waals surface area contributed by atoms with Crippen LogP contribution in [0, 0.1) is 5.92 Å². The van der Waals surface area contributed by atoms with E-state index in [0.717, 1.165) is 50.2 Å². The summed E-state index contributed by atoms with van der Waals surface area (Å²) in [6.07, 6.45) is 3.25. The predicted octanol–water partition coefficient (Wildman–Crippen LogP) is 2.52. The van der Waals surface area contributed by atoms with E-state index in [1.54, 1.807) is 0 Å². The lowest BCUT2D eigenvalue weighted by atomic mass is 9.90. The van der Waals surface area contributed by atoms with Crippen LogP contribution in [0.5, 0.6) is 0 Å². The van der Waals surface area contributed by atoms with E-state index in [9.17, 15) is 4.79 Å². The molecule has 1 saturated heterocycles. The molecule has 4 heteroatoms. The van der Waals surface area contributed by atoms with Gasteiger partial charge in [0.25, 0.3) is 0 Å². The predicted molar refractivity (Wildman–Crippen MR) is 83.4 cm³/mol. The molecule has 2 heterocycles. The molecule has 3 atom stereocenters. The number of rotatable bonds is 4. The molecule has 1 aromatic carbocycles. The van der Waals surface area contributed by atoms with E-state index in [-0.39, 0.29) is 11.8 Å². The van der Waals surface area contributed by atoms with Crippen molar-refractivity contribution in [2.24, 2.45) is 5.92 Å². The van der Waals surface area contributed by atoms with E-state index < -0.39 is 0 Å². The van der Waals surface area contributed by atoms with Gasteiger partial charge in [-0.15, -0.1) is 0 Å². The van der Waals surface area contributed by atoms with Crippen LogP contribution in [0.2, 0.25) is 0 Å². The van der Waals surface area contributed by atoms with Gasteiger partial charge in [-0.1, -0.05) is 25.1 Å². The van der Waals surface area contributed by atoms with Gasteiger partial charge in [-0.3, -0.25) is 4.79 Å². The number of amides is 1. The van der Waals surface area contributed by atoms with E-state index in [2.05, 4.69) is 23.6 Å². The van der Waals surface area contributed by atoms with Gasteiger partial charge >= 0.3 is 0 Å². The van der Waals surface area contributed by atoms with Gasteiger partial charge in [0.1, 0.15) is 0 Å². The topological polar surface area (TPSA) is 50.4 Å². The molecule has 1 amide bonds. The summed E-state index contributed by atoms with van der Waals surface area (Å²) in [6, 6.07) is 8.11. The summed E-state index contributed by atoms with van der Waals surface area (Å²) in [7, 11) is 0. The minimum atomic E-state index is -0.0233. The van der Waals surface area contributed by atoms with Crippen molar-refractivity contribution in [2.75, 3.05) is 25.0 Å². The lowest BCUT2D eigenvalue weighted by molar-refractivity contribution is -0.123. The van der Waals surface area contributed by atoms with Crippen molar-refractivity contribution in [3.05, 3.63) is 29.8 Å². The second-order valence-electron chi connectivity index (χ2n) is 5.97. The molecule has 0 aliphatic carbocycles. The first-order valence-electron chi connectivity index (χ1n) is 8.01. The first-order chi connectivity index (χ1) is 10.3. The Labute approximate surface area is 126 Å². The summed E-state index contributed by atoms with van der Waals surface area (Å²) in [5, 5.41) is 6.51. The zero-order valence-corrected chi connectivity index (χ0v) is 12.6. The lowest BCUT2D eigenvalue weighted by Crippen LogP contribution is -2.37. The molecule has 0 bridgehead atoms. The Morgan fingerprint density at radius 3 is 3.10 bits per heavy atom. The maximum absolute atomic E-state index is 12.5. The minimum Gasteiger partial charge on any atom is -0.385 e. The average molecular weight is 288 g/mol. The van der Waals surface area contributed by atoms with Crippen molar-refractivity contribution in [1.82, 2.24) is 5.32 Å². The number of ether oxygens (including phenoxy) is 1. The van der Waals surface area contributed by atoms with Crippen LogP contribution in [0.4, 0.5) is 5.69 Å². The summed E-state index contributed by atoms with van der Waals surface area (Å²) < 4.78 is 5.69. The number of nitrogens with one attached hydrogen (secondary N) is 2. The highest BCUT2D eigenvalue weighted by Crippen LogP contribution is 2.31. The monoisotopic (exact) mass is 288 g/mol. The van der Waals surface area contributed by atoms with E-state index in [1.807, 2.05) is 18.2 Å². The molecule has 1 aromatic rings. The van der Waals surface area contributed by atoms with Crippen molar-refractivity contribution in [3.63, 3.8) is 0 Å². The van der Waals surface area contributed by atoms with Gasteiger partial charge in [0.2, 0.25) is 5.91 Å². The van der Waals surface area contributed by atoms with Gasteiger partial charge in [-0.05, 0) is 30.9 Å². The molecule has 0 aromatic heterocycles. The molecule has 4 nitrogen and oxygen atoms in total. The fourth-order valence-electron chi connectivity index (χ4n) is 3.47. The molecule has 3 unspecified atom stereocenters. The molecule has 2 aliphatic rings. The van der Waals surface area contributed by atoms with Crippen molar-refractivity contribution in [3.8, 4) is 0 Å². The smallest absolute Gasteiger partial charge is 0.227 e. The Morgan fingerprint density at radius 2 is 2.24 bits per heavy atom. The fourth-order valence-corrected chi connectivity index (χ4v) is 3.47. The van der Waals surface area contributed by atoms with Crippen LogP contribution in [0.25, 0.3) is 0 Å². The molecule has 0 radical (unpaired) electrons. The standard InChI is InChI=1S/C17H24N2O2/c1-2-16-12(8-10-21-16)11-19-17(20)14-7-9-18-15-6-4-3-5-13(14)15/h3-6,12,14,16,18H,2,7-11H2,1H3,(H,19,20). The quantitative estimate of drug-likeness (QED) is 0.895. The Balaban J connectivity index is 1.61. The highest BCUT2D eigenvalue weighted by Gasteiger charge is 2.30. The second-order valence-corrected chi connectivity index (χ2v) is 5.97. The summed E-state index contributed by atoms with van der Waals surface area (Å²) in [5.41, 5.74) is 2.22. The van der Waals surface area contributed by atoms with E-state index in [4.69, 9.17) is 4.74 Å². The molecule has 3 rings (SSSR count). The number of benzene rings is 1. The van der Waals surface area contributed by atoms with Crippen LogP contribution in [-0.4, -0.2) is 31.7 Å². The number of fused-ring (bicyclic) bond motifs is 1. The van der Waals surface area contributed by atoms with Gasteiger partial charge in [-0.2, -0.15) is 0 Å². The SMILES string of the molecule is CCC1OCCC1CNC(=O)C1CCNc2ccccc21. The molecular weight excluding hydrogens is 264 g/mol.